The molecule has 0 spiro atoms. The SMILES string of the molecule is Nc1cccc(-n2c3ccccc3c3cc(-c4ccc5c(c4)c4ccccc4n5-c4cc5c6c(c4)Oc4cc(-c7cc8c9c(c7)Oc7ccccc7N9c7ccccc7O8)ccc4N6c4ccc(-c6cc7c8c(c6)Oc6ccccc6N8c6ccccc6O7)cc4O5)ccc32)c1. The molecule has 2 aromatic heterocycles. The van der Waals surface area contributed by atoms with Gasteiger partial charge in [-0.25, -0.2) is 0 Å². The van der Waals surface area contributed by atoms with Gasteiger partial charge in [-0.1, -0.05) is 115 Å². The van der Waals surface area contributed by atoms with Gasteiger partial charge in [0.15, 0.2) is 69.0 Å². The van der Waals surface area contributed by atoms with Crippen molar-refractivity contribution in [3.05, 3.63) is 279 Å². The van der Waals surface area contributed by atoms with Crippen LogP contribution in [0, 0.1) is 0 Å². The van der Waals surface area contributed by atoms with Crippen LogP contribution < -0.4 is 48.9 Å². The number of ether oxygens (including phenoxy) is 6. The number of benzene rings is 14. The van der Waals surface area contributed by atoms with Gasteiger partial charge in [-0.05, 0) is 185 Å². The Balaban J connectivity index is 0.699. The van der Waals surface area contributed by atoms with Crippen molar-refractivity contribution in [3.8, 4) is 114 Å². The van der Waals surface area contributed by atoms with Crippen molar-refractivity contribution in [3.63, 3.8) is 0 Å². The summed E-state index contributed by atoms with van der Waals surface area (Å²) in [7, 11) is 0. The maximum atomic E-state index is 7.32. The van der Waals surface area contributed by atoms with E-state index in [-0.39, 0.29) is 0 Å². The van der Waals surface area contributed by atoms with Crippen molar-refractivity contribution < 1.29 is 28.4 Å². The molecule has 96 heavy (non-hydrogen) atoms. The zero-order valence-corrected chi connectivity index (χ0v) is 50.8. The molecule has 0 amide bonds. The highest BCUT2D eigenvalue weighted by atomic mass is 16.5. The van der Waals surface area contributed by atoms with Crippen molar-refractivity contribution in [2.75, 3.05) is 20.4 Å². The quantitative estimate of drug-likeness (QED) is 0.168. The van der Waals surface area contributed by atoms with Crippen molar-refractivity contribution in [1.82, 2.24) is 9.13 Å². The summed E-state index contributed by atoms with van der Waals surface area (Å²) < 4.78 is 46.3. The molecule has 0 saturated carbocycles. The lowest BCUT2D eigenvalue weighted by atomic mass is 9.98. The number of anilines is 10. The average Bonchev–Trinajstić information content (AvgIpc) is 1.07. The van der Waals surface area contributed by atoms with E-state index in [4.69, 9.17) is 34.2 Å². The van der Waals surface area contributed by atoms with E-state index in [1.165, 1.54) is 10.8 Å². The summed E-state index contributed by atoms with van der Waals surface area (Å²) in [6.45, 7) is 0. The predicted molar refractivity (Wildman–Crippen MR) is 380 cm³/mol. The third-order valence-corrected chi connectivity index (χ3v) is 19.7. The number of nitrogen functional groups attached to an aromatic ring is 1. The Labute approximate surface area is 548 Å². The van der Waals surface area contributed by atoms with Crippen LogP contribution in [0.5, 0.6) is 69.0 Å². The molecule has 6 aliphatic rings. The molecular formula is C84H48N6O6. The van der Waals surface area contributed by atoms with Crippen LogP contribution >= 0.6 is 0 Å². The molecule has 0 atom stereocenters. The van der Waals surface area contributed by atoms with E-state index >= 15 is 0 Å². The zero-order chi connectivity index (χ0) is 62.6. The fourth-order valence-electron chi connectivity index (χ4n) is 15.5. The van der Waals surface area contributed by atoms with Crippen LogP contribution in [0.3, 0.4) is 0 Å². The van der Waals surface area contributed by atoms with Gasteiger partial charge in [0.05, 0.1) is 61.9 Å². The summed E-state index contributed by atoms with van der Waals surface area (Å²) in [6.07, 6.45) is 0. The lowest BCUT2D eigenvalue weighted by molar-refractivity contribution is 0.444. The first kappa shape index (κ1) is 51.3. The van der Waals surface area contributed by atoms with E-state index in [0.29, 0.717) is 46.0 Å². The standard InChI is InChI=1S/C84H48N6O6/c85-53-14-13-15-54(44-53)86-60-18-3-1-16-56(60)58-36-47(28-32-62(58)86)48-29-33-63-59(37-48)57-17-2-4-19-61(57)87(63)55-45-80-84-81(46-55)96-75-39-50(52-42-78-83-79(43-52)94-73-27-12-8-23-67(73)89(83)66-22-7-11-26-72(66)93-78)31-35-69(75)90(84)68-34-30-49(38-74(68)95-80)51-40-76-82-77(41-51)92-71-25-10-6-21-65(71)88(82)64-20-5-9-24-70(64)91-76/h1-46H,85H2. The van der Waals surface area contributed by atoms with E-state index in [1.54, 1.807) is 0 Å². The molecule has 14 aromatic carbocycles. The highest BCUT2D eigenvalue weighted by Crippen LogP contribution is 2.65. The van der Waals surface area contributed by atoms with Crippen molar-refractivity contribution >= 4 is 100 Å². The summed E-state index contributed by atoms with van der Waals surface area (Å²) in [4.78, 5) is 6.77. The highest BCUT2D eigenvalue weighted by molar-refractivity contribution is 6.13. The maximum absolute atomic E-state index is 7.32. The molecular weight excluding hydrogens is 1190 g/mol. The fraction of sp³-hybridized carbons (Fsp3) is 0. The van der Waals surface area contributed by atoms with E-state index in [1.807, 2.05) is 91.0 Å². The van der Waals surface area contributed by atoms with Gasteiger partial charge in [0.25, 0.3) is 0 Å². The average molecular weight is 1240 g/mol. The highest BCUT2D eigenvalue weighted by Gasteiger charge is 2.40. The Hall–Kier alpha value is -13.3. The third kappa shape index (κ3) is 7.20. The molecule has 8 heterocycles. The Morgan fingerprint density at radius 1 is 0.208 bits per heavy atom. The lowest BCUT2D eigenvalue weighted by Crippen LogP contribution is -2.21. The van der Waals surface area contributed by atoms with E-state index in [2.05, 4.69) is 212 Å². The van der Waals surface area contributed by atoms with Crippen molar-refractivity contribution in [1.29, 1.82) is 0 Å². The van der Waals surface area contributed by atoms with Crippen LogP contribution in [-0.2, 0) is 0 Å². The number of nitrogens with zero attached hydrogens (tertiary/aromatic N) is 5. The fourth-order valence-corrected chi connectivity index (χ4v) is 15.5. The number of hydrogen-bond acceptors (Lipinski definition) is 10. The van der Waals surface area contributed by atoms with E-state index < -0.39 is 0 Å². The summed E-state index contributed by atoms with van der Waals surface area (Å²) in [5.41, 5.74) is 27.2. The molecule has 0 bridgehead atoms. The monoisotopic (exact) mass is 1240 g/mol. The summed E-state index contributed by atoms with van der Waals surface area (Å²) >= 11 is 0. The molecule has 450 valence electrons. The van der Waals surface area contributed by atoms with Crippen molar-refractivity contribution in [2.24, 2.45) is 0 Å². The van der Waals surface area contributed by atoms with Gasteiger partial charge in [0.1, 0.15) is 17.1 Å². The lowest BCUT2D eigenvalue weighted by Gasteiger charge is -2.39. The first-order chi connectivity index (χ1) is 47.4. The number of aromatic nitrogens is 2. The summed E-state index contributed by atoms with van der Waals surface area (Å²) in [5, 5.41) is 4.58. The minimum Gasteiger partial charge on any atom is -0.453 e. The van der Waals surface area contributed by atoms with Gasteiger partial charge >= 0.3 is 0 Å². The van der Waals surface area contributed by atoms with Gasteiger partial charge in [-0.15, -0.1) is 0 Å². The van der Waals surface area contributed by atoms with Crippen LogP contribution in [-0.4, -0.2) is 9.13 Å². The van der Waals surface area contributed by atoms with Gasteiger partial charge in [-0.3, -0.25) is 14.7 Å². The third-order valence-electron chi connectivity index (χ3n) is 19.7. The normalized spacial score (nSPS) is 13.5. The molecule has 2 N–H and O–H groups in total. The Morgan fingerprint density at radius 3 is 0.958 bits per heavy atom. The minimum atomic E-state index is 0.638. The number of hydrogen-bond donors (Lipinski definition) is 1. The molecule has 0 fully saturated rings. The van der Waals surface area contributed by atoms with Gasteiger partial charge in [-0.2, -0.15) is 0 Å². The second-order valence-electron chi connectivity index (χ2n) is 25.1. The Bertz CT molecular complexity index is 5810. The first-order valence-corrected chi connectivity index (χ1v) is 32.0. The van der Waals surface area contributed by atoms with Gasteiger partial charge < -0.3 is 43.3 Å². The second kappa shape index (κ2) is 18.9. The van der Waals surface area contributed by atoms with Crippen molar-refractivity contribution in [2.45, 2.75) is 0 Å². The summed E-state index contributed by atoms with van der Waals surface area (Å²) in [6, 6.07) is 97.0. The molecule has 16 aromatic rings. The smallest absolute Gasteiger partial charge is 0.157 e. The second-order valence-corrected chi connectivity index (χ2v) is 25.1. The predicted octanol–water partition coefficient (Wildman–Crippen LogP) is 23.5. The number of para-hydroxylation sites is 10. The van der Waals surface area contributed by atoms with Crippen LogP contribution in [0.25, 0.3) is 88.4 Å². The number of rotatable bonds is 5. The molecule has 6 aliphatic heterocycles. The largest absolute Gasteiger partial charge is 0.453 e. The van der Waals surface area contributed by atoms with Gasteiger partial charge in [0, 0.05) is 45.1 Å². The number of fused-ring (bicyclic) bond motifs is 18. The molecule has 0 unspecified atom stereocenters. The molecule has 0 saturated heterocycles. The van der Waals surface area contributed by atoms with Crippen LogP contribution in [0.15, 0.2) is 279 Å². The minimum absolute atomic E-state index is 0.638. The van der Waals surface area contributed by atoms with Crippen LogP contribution in [0.1, 0.15) is 0 Å². The molecule has 22 rings (SSSR count). The first-order valence-electron chi connectivity index (χ1n) is 32.0. The zero-order valence-electron chi connectivity index (χ0n) is 50.8. The van der Waals surface area contributed by atoms with E-state index in [9.17, 15) is 0 Å². The Kier molecular flexibility index (Phi) is 10.1. The molecule has 0 radical (unpaired) electrons. The van der Waals surface area contributed by atoms with Gasteiger partial charge in [0.2, 0.25) is 0 Å². The number of nitrogens with two attached hydrogens (primary N) is 1. The van der Waals surface area contributed by atoms with Crippen LogP contribution in [0.4, 0.5) is 56.9 Å². The van der Waals surface area contributed by atoms with E-state index in [0.717, 1.165) is 157 Å². The molecule has 12 nitrogen and oxygen atoms in total. The Morgan fingerprint density at radius 2 is 0.531 bits per heavy atom. The summed E-state index contributed by atoms with van der Waals surface area (Å²) in [5.74, 6) is 8.43. The maximum Gasteiger partial charge on any atom is 0.157 e. The van der Waals surface area contributed by atoms with Crippen LogP contribution in [0.2, 0.25) is 0 Å². The molecule has 12 heteroatoms. The topological polar surface area (TPSA) is 101 Å². The molecule has 0 aliphatic carbocycles.